The molecule has 0 saturated carbocycles. The number of halogens is 2. The lowest BCUT2D eigenvalue weighted by molar-refractivity contribution is -0.116. The summed E-state index contributed by atoms with van der Waals surface area (Å²) in [5, 5.41) is 3.81. The Bertz CT molecular complexity index is 1370. The van der Waals surface area contributed by atoms with Crippen molar-refractivity contribution in [2.75, 3.05) is 5.32 Å². The van der Waals surface area contributed by atoms with Crippen molar-refractivity contribution in [2.45, 2.75) is 17.2 Å². The Hall–Kier alpha value is -2.61. The molecule has 1 heterocycles. The normalized spacial score (nSPS) is 11.5. The zero-order valence-corrected chi connectivity index (χ0v) is 19.4. The first-order valence-electron chi connectivity index (χ1n) is 9.43. The van der Waals surface area contributed by atoms with Crippen LogP contribution >= 0.6 is 27.5 Å². The minimum absolute atomic E-state index is 0.0157. The number of hydrogen-bond donors (Lipinski definition) is 1. The van der Waals surface area contributed by atoms with E-state index in [0.29, 0.717) is 27.2 Å². The molecule has 5 nitrogen and oxygen atoms in total. The number of carbonyl (C=O) groups is 1. The van der Waals surface area contributed by atoms with Crippen molar-refractivity contribution < 1.29 is 13.2 Å². The van der Waals surface area contributed by atoms with Gasteiger partial charge in [0.15, 0.2) is 9.84 Å². The molecule has 1 aromatic heterocycles. The smallest absolute Gasteiger partial charge is 0.244 e. The van der Waals surface area contributed by atoms with E-state index in [1.807, 2.05) is 18.2 Å². The van der Waals surface area contributed by atoms with Crippen molar-refractivity contribution in [3.8, 4) is 0 Å². The highest BCUT2D eigenvalue weighted by atomic mass is 79.9. The third-order valence-electron chi connectivity index (χ3n) is 4.83. The maximum Gasteiger partial charge on any atom is 0.244 e. The van der Waals surface area contributed by atoms with Crippen LogP contribution in [0.25, 0.3) is 10.9 Å². The van der Waals surface area contributed by atoms with Crippen LogP contribution in [0.4, 0.5) is 5.69 Å². The van der Waals surface area contributed by atoms with Gasteiger partial charge in [0, 0.05) is 32.3 Å². The van der Waals surface area contributed by atoms with Crippen molar-refractivity contribution in [1.29, 1.82) is 0 Å². The molecule has 0 radical (unpaired) electrons. The van der Waals surface area contributed by atoms with Gasteiger partial charge in [-0.1, -0.05) is 63.9 Å². The highest BCUT2D eigenvalue weighted by Gasteiger charge is 2.23. The molecule has 0 fully saturated rings. The number of carbonyl (C=O) groups excluding carboxylic acids is 1. The van der Waals surface area contributed by atoms with Gasteiger partial charge in [-0.2, -0.15) is 0 Å². The van der Waals surface area contributed by atoms with Gasteiger partial charge in [-0.05, 0) is 42.0 Å². The van der Waals surface area contributed by atoms with Crippen LogP contribution in [0.1, 0.15) is 5.56 Å². The molecular weight excluding hydrogens is 500 g/mol. The van der Waals surface area contributed by atoms with Crippen LogP contribution < -0.4 is 5.32 Å². The van der Waals surface area contributed by atoms with Gasteiger partial charge in [-0.3, -0.25) is 4.79 Å². The summed E-state index contributed by atoms with van der Waals surface area (Å²) in [6.45, 7) is -0.0157. The van der Waals surface area contributed by atoms with Crippen molar-refractivity contribution in [3.05, 3.63) is 94.1 Å². The maximum atomic E-state index is 13.2. The highest BCUT2D eigenvalue weighted by Crippen LogP contribution is 2.29. The molecule has 0 aliphatic carbocycles. The second-order valence-electron chi connectivity index (χ2n) is 7.04. The second kappa shape index (κ2) is 8.86. The third kappa shape index (κ3) is 4.84. The molecule has 3 aromatic carbocycles. The van der Waals surface area contributed by atoms with E-state index in [9.17, 15) is 13.2 Å². The van der Waals surface area contributed by atoms with Crippen LogP contribution in [0, 0.1) is 0 Å². The topological polar surface area (TPSA) is 68.2 Å². The molecule has 158 valence electrons. The summed E-state index contributed by atoms with van der Waals surface area (Å²) in [4.78, 5) is 12.8. The SMILES string of the molecule is O=C(Cn1cc(S(=O)(=O)Cc2ccccc2Cl)c2ccccc21)Nc1ccc(Br)cc1. The Kier molecular flexibility index (Phi) is 6.18. The van der Waals surface area contributed by atoms with E-state index in [-0.39, 0.29) is 23.1 Å². The Morgan fingerprint density at radius 1 is 0.968 bits per heavy atom. The van der Waals surface area contributed by atoms with Crippen LogP contribution in [0.5, 0.6) is 0 Å². The van der Waals surface area contributed by atoms with E-state index in [1.54, 1.807) is 59.2 Å². The Labute approximate surface area is 193 Å². The lowest BCUT2D eigenvalue weighted by Crippen LogP contribution is -2.18. The van der Waals surface area contributed by atoms with Crippen LogP contribution in [0.3, 0.4) is 0 Å². The number of fused-ring (bicyclic) bond motifs is 1. The zero-order chi connectivity index (χ0) is 22.0. The Morgan fingerprint density at radius 2 is 1.65 bits per heavy atom. The predicted octanol–water partition coefficient (Wildman–Crippen LogP) is 5.67. The number of hydrogen-bond acceptors (Lipinski definition) is 3. The molecule has 0 saturated heterocycles. The number of nitrogens with zero attached hydrogens (tertiary/aromatic N) is 1. The lowest BCUT2D eigenvalue weighted by atomic mass is 10.2. The van der Waals surface area contributed by atoms with E-state index < -0.39 is 9.84 Å². The van der Waals surface area contributed by atoms with Crippen molar-refractivity contribution in [3.63, 3.8) is 0 Å². The Balaban J connectivity index is 1.65. The van der Waals surface area contributed by atoms with Gasteiger partial charge in [0.2, 0.25) is 5.91 Å². The number of para-hydroxylation sites is 1. The molecule has 0 atom stereocenters. The Morgan fingerprint density at radius 3 is 2.39 bits per heavy atom. The van der Waals surface area contributed by atoms with Gasteiger partial charge < -0.3 is 9.88 Å². The first-order valence-corrected chi connectivity index (χ1v) is 12.3. The molecule has 4 aromatic rings. The monoisotopic (exact) mass is 516 g/mol. The molecule has 1 amide bonds. The maximum absolute atomic E-state index is 13.2. The quantitative estimate of drug-likeness (QED) is 0.358. The summed E-state index contributed by atoms with van der Waals surface area (Å²) < 4.78 is 29.0. The number of amides is 1. The first kappa shape index (κ1) is 21.6. The van der Waals surface area contributed by atoms with Crippen LogP contribution in [-0.2, 0) is 26.9 Å². The van der Waals surface area contributed by atoms with Gasteiger partial charge >= 0.3 is 0 Å². The van der Waals surface area contributed by atoms with E-state index in [0.717, 1.165) is 4.47 Å². The highest BCUT2D eigenvalue weighted by molar-refractivity contribution is 9.10. The number of nitrogens with one attached hydrogen (secondary N) is 1. The summed E-state index contributed by atoms with van der Waals surface area (Å²) in [6.07, 6.45) is 1.53. The van der Waals surface area contributed by atoms with Crippen LogP contribution in [0.15, 0.2) is 88.4 Å². The summed E-state index contributed by atoms with van der Waals surface area (Å²) in [5.74, 6) is -0.468. The number of benzene rings is 3. The zero-order valence-electron chi connectivity index (χ0n) is 16.3. The molecule has 0 bridgehead atoms. The summed E-state index contributed by atoms with van der Waals surface area (Å²) in [6, 6.07) is 21.3. The second-order valence-corrected chi connectivity index (χ2v) is 10.3. The minimum atomic E-state index is -3.68. The summed E-state index contributed by atoms with van der Waals surface area (Å²) in [7, 11) is -3.68. The van der Waals surface area contributed by atoms with E-state index in [1.165, 1.54) is 6.20 Å². The fourth-order valence-electron chi connectivity index (χ4n) is 3.38. The summed E-state index contributed by atoms with van der Waals surface area (Å²) in [5.41, 5.74) is 1.87. The van der Waals surface area contributed by atoms with Crippen LogP contribution in [-0.4, -0.2) is 18.9 Å². The van der Waals surface area contributed by atoms with Gasteiger partial charge in [-0.15, -0.1) is 0 Å². The average Bonchev–Trinajstić information content (AvgIpc) is 3.11. The molecule has 8 heteroatoms. The molecule has 0 aliphatic heterocycles. The standard InChI is InChI=1S/C23H18BrClN2O3S/c24-17-9-11-18(12-10-17)26-23(28)14-27-13-22(19-6-2-4-8-21(19)27)31(29,30)15-16-5-1-3-7-20(16)25/h1-13H,14-15H2,(H,26,28). The molecule has 0 unspecified atom stereocenters. The molecular formula is C23H18BrClN2O3S. The fourth-order valence-corrected chi connectivity index (χ4v) is 5.54. The van der Waals surface area contributed by atoms with Crippen molar-refractivity contribution in [2.24, 2.45) is 0 Å². The molecule has 4 rings (SSSR count). The molecule has 31 heavy (non-hydrogen) atoms. The third-order valence-corrected chi connectivity index (χ3v) is 7.42. The minimum Gasteiger partial charge on any atom is -0.337 e. The lowest BCUT2D eigenvalue weighted by Gasteiger charge is -2.07. The van der Waals surface area contributed by atoms with E-state index >= 15 is 0 Å². The van der Waals surface area contributed by atoms with Crippen molar-refractivity contribution in [1.82, 2.24) is 4.57 Å². The van der Waals surface area contributed by atoms with Gasteiger partial charge in [0.25, 0.3) is 0 Å². The number of anilines is 1. The van der Waals surface area contributed by atoms with Gasteiger partial charge in [-0.25, -0.2) is 8.42 Å². The van der Waals surface area contributed by atoms with E-state index in [4.69, 9.17) is 11.6 Å². The predicted molar refractivity (Wildman–Crippen MR) is 127 cm³/mol. The largest absolute Gasteiger partial charge is 0.337 e. The number of aromatic nitrogens is 1. The first-order chi connectivity index (χ1) is 14.8. The van der Waals surface area contributed by atoms with Crippen LogP contribution in [0.2, 0.25) is 5.02 Å². The number of sulfone groups is 1. The molecule has 1 N–H and O–H groups in total. The van der Waals surface area contributed by atoms with Gasteiger partial charge in [0.05, 0.1) is 10.6 Å². The van der Waals surface area contributed by atoms with Gasteiger partial charge in [0.1, 0.15) is 6.54 Å². The van der Waals surface area contributed by atoms with Crippen molar-refractivity contribution >= 4 is 59.9 Å². The fraction of sp³-hybridized carbons (Fsp3) is 0.0870. The summed E-state index contributed by atoms with van der Waals surface area (Å²) >= 11 is 9.53. The average molecular weight is 518 g/mol. The molecule has 0 spiro atoms. The number of rotatable bonds is 6. The molecule has 0 aliphatic rings. The van der Waals surface area contributed by atoms with E-state index in [2.05, 4.69) is 21.2 Å².